The van der Waals surface area contributed by atoms with Crippen LogP contribution in [-0.4, -0.2) is 25.0 Å². The summed E-state index contributed by atoms with van der Waals surface area (Å²) in [4.78, 5) is 7.71. The third-order valence-electron chi connectivity index (χ3n) is 2.47. The molecule has 2 aromatic rings. The van der Waals surface area contributed by atoms with Crippen LogP contribution >= 0.6 is 11.6 Å². The molecule has 0 radical (unpaired) electrons. The van der Waals surface area contributed by atoms with Crippen molar-refractivity contribution < 1.29 is 13.2 Å². The molecule has 1 N–H and O–H groups in total. The number of sulfonamides is 1. The molecule has 2 rings (SSSR count). The second kappa shape index (κ2) is 6.73. The molecule has 0 saturated heterocycles. The van der Waals surface area contributed by atoms with Gasteiger partial charge in [-0.25, -0.2) is 18.4 Å². The molecule has 0 fully saturated rings. The lowest BCUT2D eigenvalue weighted by Gasteiger charge is -2.08. The molecule has 0 aliphatic heterocycles. The first-order valence-electron chi connectivity index (χ1n) is 6.24. The Bertz CT molecular complexity index is 688. The lowest BCUT2D eigenvalue weighted by atomic mass is 10.3. The van der Waals surface area contributed by atoms with Crippen molar-refractivity contribution >= 4 is 27.4 Å². The summed E-state index contributed by atoms with van der Waals surface area (Å²) in [6, 6.07) is 6.16. The molecule has 1 aromatic carbocycles. The minimum absolute atomic E-state index is 0.103. The van der Waals surface area contributed by atoms with Crippen LogP contribution in [-0.2, 0) is 10.0 Å². The van der Waals surface area contributed by atoms with E-state index in [4.69, 9.17) is 16.3 Å². The molecule has 8 heteroatoms. The highest BCUT2D eigenvalue weighted by atomic mass is 35.5. The van der Waals surface area contributed by atoms with Gasteiger partial charge in [0.15, 0.2) is 5.82 Å². The molecule has 21 heavy (non-hydrogen) atoms. The van der Waals surface area contributed by atoms with E-state index in [0.717, 1.165) is 6.42 Å². The number of ether oxygens (including phenoxy) is 1. The van der Waals surface area contributed by atoms with Gasteiger partial charge in [-0.3, -0.25) is 4.72 Å². The number of nitrogens with zero attached hydrogens (tertiary/aromatic N) is 2. The van der Waals surface area contributed by atoms with E-state index in [0.29, 0.717) is 12.4 Å². The number of nitrogens with one attached hydrogen (secondary N) is 1. The summed E-state index contributed by atoms with van der Waals surface area (Å²) in [6.45, 7) is 2.58. The zero-order chi connectivity index (χ0) is 15.3. The fourth-order valence-corrected chi connectivity index (χ4v) is 2.59. The van der Waals surface area contributed by atoms with Gasteiger partial charge in [-0.1, -0.05) is 18.5 Å². The van der Waals surface area contributed by atoms with Gasteiger partial charge < -0.3 is 4.74 Å². The Balaban J connectivity index is 2.13. The zero-order valence-corrected chi connectivity index (χ0v) is 12.9. The summed E-state index contributed by atoms with van der Waals surface area (Å²) in [5, 5.41) is 0.190. The highest BCUT2D eigenvalue weighted by Gasteiger charge is 2.15. The first-order chi connectivity index (χ1) is 10.0. The summed E-state index contributed by atoms with van der Waals surface area (Å²) in [6.07, 6.45) is 3.40. The minimum Gasteiger partial charge on any atom is -0.494 e. The Morgan fingerprint density at radius 1 is 1.19 bits per heavy atom. The summed E-state index contributed by atoms with van der Waals surface area (Å²) in [5.41, 5.74) is 0. The molecule has 0 atom stereocenters. The average molecular weight is 328 g/mol. The third kappa shape index (κ3) is 4.30. The van der Waals surface area contributed by atoms with Gasteiger partial charge in [-0.05, 0) is 30.7 Å². The van der Waals surface area contributed by atoms with Crippen LogP contribution in [0.3, 0.4) is 0 Å². The number of rotatable bonds is 6. The Morgan fingerprint density at radius 3 is 2.48 bits per heavy atom. The van der Waals surface area contributed by atoms with Gasteiger partial charge >= 0.3 is 0 Å². The van der Waals surface area contributed by atoms with E-state index in [9.17, 15) is 8.42 Å². The maximum absolute atomic E-state index is 12.2. The number of hydrogen-bond donors (Lipinski definition) is 1. The normalized spacial score (nSPS) is 11.1. The van der Waals surface area contributed by atoms with E-state index in [2.05, 4.69) is 14.7 Å². The molecule has 0 unspecified atom stereocenters. The Labute approximate surface area is 128 Å². The molecule has 0 saturated carbocycles. The predicted molar refractivity (Wildman–Crippen MR) is 80.1 cm³/mol. The van der Waals surface area contributed by atoms with Crippen LogP contribution < -0.4 is 9.46 Å². The maximum Gasteiger partial charge on any atom is 0.263 e. The number of benzene rings is 1. The SMILES string of the molecule is CCCOc1ccc(S(=O)(=O)Nc2cnc(Cl)cn2)cc1. The van der Waals surface area contributed by atoms with Crippen molar-refractivity contribution in [2.75, 3.05) is 11.3 Å². The third-order valence-corrected chi connectivity index (χ3v) is 4.03. The predicted octanol–water partition coefficient (Wildman–Crippen LogP) is 2.72. The van der Waals surface area contributed by atoms with Gasteiger partial charge in [0.05, 0.1) is 23.9 Å². The molecular formula is C13H14ClN3O3S. The summed E-state index contributed by atoms with van der Waals surface area (Å²) in [5.74, 6) is 0.729. The van der Waals surface area contributed by atoms with Crippen molar-refractivity contribution in [2.45, 2.75) is 18.2 Å². The molecule has 0 amide bonds. The molecule has 6 nitrogen and oxygen atoms in total. The van der Waals surface area contributed by atoms with Gasteiger partial charge in [0.1, 0.15) is 10.9 Å². The fraction of sp³-hybridized carbons (Fsp3) is 0.231. The number of aromatic nitrogens is 2. The molecule has 0 aliphatic rings. The van der Waals surface area contributed by atoms with Gasteiger partial charge in [0, 0.05) is 0 Å². The highest BCUT2D eigenvalue weighted by Crippen LogP contribution is 2.18. The fourth-order valence-electron chi connectivity index (χ4n) is 1.50. The maximum atomic E-state index is 12.2. The number of anilines is 1. The van der Waals surface area contributed by atoms with E-state index in [1.807, 2.05) is 6.92 Å². The summed E-state index contributed by atoms with van der Waals surface area (Å²) < 4.78 is 32.0. The Hall–Kier alpha value is -1.86. The second-order valence-electron chi connectivity index (χ2n) is 4.15. The van der Waals surface area contributed by atoms with Crippen LogP contribution in [0.25, 0.3) is 0 Å². The first kappa shape index (κ1) is 15.5. The number of halogens is 1. The van der Waals surface area contributed by atoms with Crippen LogP contribution in [0.5, 0.6) is 5.75 Å². The highest BCUT2D eigenvalue weighted by molar-refractivity contribution is 7.92. The topological polar surface area (TPSA) is 81.2 Å². The molecular weight excluding hydrogens is 314 g/mol. The van der Waals surface area contributed by atoms with E-state index >= 15 is 0 Å². The van der Waals surface area contributed by atoms with Crippen molar-refractivity contribution in [1.29, 1.82) is 0 Å². The van der Waals surface area contributed by atoms with Gasteiger partial charge in [-0.15, -0.1) is 0 Å². The molecule has 0 aliphatic carbocycles. The van der Waals surface area contributed by atoms with Crippen molar-refractivity contribution in [1.82, 2.24) is 9.97 Å². The van der Waals surface area contributed by atoms with Gasteiger partial charge in [0.25, 0.3) is 10.0 Å². The van der Waals surface area contributed by atoms with E-state index in [1.165, 1.54) is 24.5 Å². The van der Waals surface area contributed by atoms with Crippen LogP contribution in [0.1, 0.15) is 13.3 Å². The largest absolute Gasteiger partial charge is 0.494 e. The standard InChI is InChI=1S/C13H14ClN3O3S/c1-2-7-20-10-3-5-11(6-4-10)21(18,19)17-13-9-15-12(14)8-16-13/h3-6,8-9H,2,7H2,1H3,(H,16,17). The minimum atomic E-state index is -3.71. The Kier molecular flexibility index (Phi) is 4.98. The van der Waals surface area contributed by atoms with Gasteiger partial charge in [-0.2, -0.15) is 0 Å². The quantitative estimate of drug-likeness (QED) is 0.882. The van der Waals surface area contributed by atoms with Crippen LogP contribution in [0.2, 0.25) is 5.15 Å². The smallest absolute Gasteiger partial charge is 0.263 e. The van der Waals surface area contributed by atoms with Crippen LogP contribution in [0, 0.1) is 0 Å². The Morgan fingerprint density at radius 2 is 1.90 bits per heavy atom. The monoisotopic (exact) mass is 327 g/mol. The van der Waals surface area contributed by atoms with Crippen molar-refractivity contribution in [3.8, 4) is 5.75 Å². The molecule has 0 spiro atoms. The van der Waals surface area contributed by atoms with E-state index < -0.39 is 10.0 Å². The van der Waals surface area contributed by atoms with Gasteiger partial charge in [0.2, 0.25) is 0 Å². The van der Waals surface area contributed by atoms with Crippen LogP contribution in [0.4, 0.5) is 5.82 Å². The molecule has 1 aromatic heterocycles. The summed E-state index contributed by atoms with van der Waals surface area (Å²) in [7, 11) is -3.71. The average Bonchev–Trinajstić information content (AvgIpc) is 2.48. The molecule has 1 heterocycles. The lowest BCUT2D eigenvalue weighted by Crippen LogP contribution is -2.14. The van der Waals surface area contributed by atoms with Crippen molar-refractivity contribution in [2.24, 2.45) is 0 Å². The van der Waals surface area contributed by atoms with Crippen molar-refractivity contribution in [3.05, 3.63) is 41.8 Å². The number of hydrogen-bond acceptors (Lipinski definition) is 5. The lowest BCUT2D eigenvalue weighted by molar-refractivity contribution is 0.317. The van der Waals surface area contributed by atoms with Crippen LogP contribution in [0.15, 0.2) is 41.6 Å². The molecule has 112 valence electrons. The summed E-state index contributed by atoms with van der Waals surface area (Å²) >= 11 is 5.59. The zero-order valence-electron chi connectivity index (χ0n) is 11.3. The van der Waals surface area contributed by atoms with E-state index in [1.54, 1.807) is 12.1 Å². The van der Waals surface area contributed by atoms with Crippen molar-refractivity contribution in [3.63, 3.8) is 0 Å². The first-order valence-corrected chi connectivity index (χ1v) is 8.10. The molecule has 0 bridgehead atoms. The second-order valence-corrected chi connectivity index (χ2v) is 6.22. The van der Waals surface area contributed by atoms with E-state index in [-0.39, 0.29) is 15.9 Å².